The van der Waals surface area contributed by atoms with Crippen molar-refractivity contribution in [1.29, 1.82) is 0 Å². The van der Waals surface area contributed by atoms with E-state index >= 15 is 0 Å². The minimum Gasteiger partial charge on any atom is -0.481 e. The topological polar surface area (TPSA) is 105 Å². The fourth-order valence-corrected chi connectivity index (χ4v) is 4.28. The van der Waals surface area contributed by atoms with E-state index in [1.165, 1.54) is 0 Å². The fraction of sp³-hybridized carbons (Fsp3) is 0.304. The highest BCUT2D eigenvalue weighted by Gasteiger charge is 2.31. The fourth-order valence-electron chi connectivity index (χ4n) is 4.28. The van der Waals surface area contributed by atoms with Crippen LogP contribution in [-0.2, 0) is 11.3 Å². The van der Waals surface area contributed by atoms with Crippen molar-refractivity contribution in [3.8, 4) is 11.3 Å². The Kier molecular flexibility index (Phi) is 5.61. The van der Waals surface area contributed by atoms with Gasteiger partial charge >= 0.3 is 11.7 Å². The van der Waals surface area contributed by atoms with Crippen molar-refractivity contribution in [3.05, 3.63) is 86.6 Å². The first-order valence-corrected chi connectivity index (χ1v) is 10.1. The van der Waals surface area contributed by atoms with Gasteiger partial charge < -0.3 is 5.11 Å². The Morgan fingerprint density at radius 1 is 1.07 bits per heavy atom. The molecule has 2 N–H and O–H groups in total. The second kappa shape index (κ2) is 8.49. The van der Waals surface area contributed by atoms with Crippen LogP contribution in [0.15, 0.2) is 64.2 Å². The molecular weight excluding hydrogens is 382 g/mol. The maximum absolute atomic E-state index is 12.8. The van der Waals surface area contributed by atoms with E-state index in [9.17, 15) is 19.5 Å². The summed E-state index contributed by atoms with van der Waals surface area (Å²) in [4.78, 5) is 36.9. The predicted molar refractivity (Wildman–Crippen MR) is 112 cm³/mol. The molecule has 154 valence electrons. The highest BCUT2D eigenvalue weighted by Crippen LogP contribution is 2.37. The molecule has 0 saturated heterocycles. The Hall–Kier alpha value is -3.48. The summed E-state index contributed by atoms with van der Waals surface area (Å²) in [5.41, 5.74) is 1.26. The minimum atomic E-state index is -0.802. The zero-order valence-electron chi connectivity index (χ0n) is 16.5. The van der Waals surface area contributed by atoms with E-state index < -0.39 is 23.1 Å². The molecule has 0 radical (unpaired) electrons. The average molecular weight is 405 g/mol. The van der Waals surface area contributed by atoms with E-state index in [0.717, 1.165) is 41.4 Å². The van der Waals surface area contributed by atoms with Gasteiger partial charge in [0.2, 0.25) is 0 Å². The zero-order chi connectivity index (χ0) is 21.1. The third-order valence-electron chi connectivity index (χ3n) is 5.82. The Morgan fingerprint density at radius 3 is 2.37 bits per heavy atom. The molecule has 0 spiro atoms. The van der Waals surface area contributed by atoms with Gasteiger partial charge in [-0.15, -0.1) is 0 Å². The summed E-state index contributed by atoms with van der Waals surface area (Å²) in [6.07, 6.45) is 4.01. The second-order valence-corrected chi connectivity index (χ2v) is 7.74. The van der Waals surface area contributed by atoms with Crippen LogP contribution in [0.4, 0.5) is 0 Å². The molecule has 0 bridgehead atoms. The highest BCUT2D eigenvalue weighted by atomic mass is 16.4. The van der Waals surface area contributed by atoms with Crippen molar-refractivity contribution >= 4 is 5.97 Å². The van der Waals surface area contributed by atoms with Crippen molar-refractivity contribution in [1.82, 2.24) is 14.8 Å². The van der Waals surface area contributed by atoms with Crippen LogP contribution in [0, 0.1) is 5.92 Å². The number of benzene rings is 2. The smallest absolute Gasteiger partial charge is 0.345 e. The molecule has 1 aliphatic carbocycles. The third-order valence-corrected chi connectivity index (χ3v) is 5.82. The highest BCUT2D eigenvalue weighted by molar-refractivity contribution is 5.76. The largest absolute Gasteiger partial charge is 0.481 e. The van der Waals surface area contributed by atoms with Gasteiger partial charge in [0, 0.05) is 5.56 Å². The zero-order valence-corrected chi connectivity index (χ0v) is 16.5. The Labute approximate surface area is 173 Å². The van der Waals surface area contributed by atoms with Crippen LogP contribution in [0.5, 0.6) is 0 Å². The number of carboxylic acids is 1. The molecule has 7 nitrogen and oxygen atoms in total. The number of hydrogen-bond donors (Lipinski definition) is 2. The van der Waals surface area contributed by atoms with Crippen molar-refractivity contribution in [2.24, 2.45) is 5.92 Å². The molecule has 1 unspecified atom stereocenters. The normalized spacial score (nSPS) is 15.2. The lowest BCUT2D eigenvalue weighted by Gasteiger charge is -2.20. The van der Waals surface area contributed by atoms with E-state index in [1.807, 2.05) is 6.07 Å². The molecular formula is C23H23N3O4. The number of carbonyl (C=O) groups is 1. The predicted octanol–water partition coefficient (Wildman–Crippen LogP) is 3.01. The molecule has 4 rings (SSSR count). The molecule has 1 aromatic heterocycles. The first-order chi connectivity index (χ1) is 14.5. The van der Waals surface area contributed by atoms with E-state index in [2.05, 4.69) is 10.2 Å². The molecule has 2 aromatic carbocycles. The number of aromatic nitrogens is 3. The van der Waals surface area contributed by atoms with Crippen LogP contribution in [0.3, 0.4) is 0 Å². The van der Waals surface area contributed by atoms with E-state index in [4.69, 9.17) is 0 Å². The number of carboxylic acid groups (broad SMARTS) is 1. The number of nitrogens with one attached hydrogen (secondary N) is 1. The van der Waals surface area contributed by atoms with Gasteiger partial charge in [0.15, 0.2) is 5.69 Å². The maximum atomic E-state index is 12.8. The number of hydrogen-bond acceptors (Lipinski definition) is 4. The summed E-state index contributed by atoms with van der Waals surface area (Å²) in [7, 11) is 0. The summed E-state index contributed by atoms with van der Waals surface area (Å²) in [5, 5.41) is 16.0. The van der Waals surface area contributed by atoms with Crippen molar-refractivity contribution in [2.75, 3.05) is 0 Å². The molecule has 0 aliphatic heterocycles. The summed E-state index contributed by atoms with van der Waals surface area (Å²) in [6.45, 7) is 0.0813. The lowest BCUT2D eigenvalue weighted by Crippen LogP contribution is -2.37. The molecule has 0 amide bonds. The lowest BCUT2D eigenvalue weighted by molar-refractivity contribution is -0.140. The van der Waals surface area contributed by atoms with Crippen LogP contribution < -0.4 is 11.2 Å². The standard InChI is InChI=1S/C23H23N3O4/c27-21-20(18-8-2-1-3-9-18)24-25-23(30)26(21)14-15-10-12-17(13-11-15)19(22(28)29)16-6-4-5-7-16/h1-3,8-13,16,19H,4-7,14H2,(H,25,30)(H,28,29). The molecule has 1 saturated carbocycles. The molecule has 3 aromatic rings. The molecule has 1 heterocycles. The van der Waals surface area contributed by atoms with Gasteiger partial charge in [-0.25, -0.2) is 9.89 Å². The van der Waals surface area contributed by atoms with Crippen molar-refractivity contribution in [2.45, 2.75) is 38.1 Å². The number of nitrogens with zero attached hydrogens (tertiary/aromatic N) is 2. The number of rotatable bonds is 6. The summed E-state index contributed by atoms with van der Waals surface area (Å²) in [5.74, 6) is -1.16. The van der Waals surface area contributed by atoms with Gasteiger partial charge in [0.1, 0.15) is 0 Å². The van der Waals surface area contributed by atoms with Crippen LogP contribution >= 0.6 is 0 Å². The second-order valence-electron chi connectivity index (χ2n) is 7.74. The van der Waals surface area contributed by atoms with E-state index in [-0.39, 0.29) is 18.2 Å². The first kappa shape index (κ1) is 19.8. The monoisotopic (exact) mass is 405 g/mol. The van der Waals surface area contributed by atoms with E-state index in [1.54, 1.807) is 48.5 Å². The summed E-state index contributed by atoms with van der Waals surface area (Å²) >= 11 is 0. The van der Waals surface area contributed by atoms with Crippen LogP contribution in [0.25, 0.3) is 11.3 Å². The van der Waals surface area contributed by atoms with Crippen LogP contribution in [-0.4, -0.2) is 25.8 Å². The molecule has 7 heteroatoms. The third kappa shape index (κ3) is 3.96. The van der Waals surface area contributed by atoms with E-state index in [0.29, 0.717) is 5.56 Å². The Bertz CT molecular complexity index is 1140. The quantitative estimate of drug-likeness (QED) is 0.656. The molecule has 30 heavy (non-hydrogen) atoms. The van der Waals surface area contributed by atoms with Gasteiger partial charge in [0.05, 0.1) is 12.5 Å². The van der Waals surface area contributed by atoms with Gasteiger partial charge in [0.25, 0.3) is 5.56 Å². The summed E-state index contributed by atoms with van der Waals surface area (Å²) in [6, 6.07) is 16.1. The summed E-state index contributed by atoms with van der Waals surface area (Å²) < 4.78 is 1.11. The molecule has 1 aliphatic rings. The molecule has 1 fully saturated rings. The van der Waals surface area contributed by atoms with Crippen LogP contribution in [0.1, 0.15) is 42.7 Å². The minimum absolute atomic E-state index is 0.0813. The lowest BCUT2D eigenvalue weighted by atomic mass is 9.84. The molecule has 1 atom stereocenters. The van der Waals surface area contributed by atoms with Gasteiger partial charge in [-0.3, -0.25) is 14.2 Å². The number of aliphatic carboxylic acids is 1. The van der Waals surface area contributed by atoms with Gasteiger partial charge in [-0.1, -0.05) is 67.4 Å². The first-order valence-electron chi connectivity index (χ1n) is 10.1. The van der Waals surface area contributed by atoms with Gasteiger partial charge in [-0.05, 0) is 29.9 Å². The average Bonchev–Trinajstić information content (AvgIpc) is 3.27. The van der Waals surface area contributed by atoms with Crippen molar-refractivity contribution in [3.63, 3.8) is 0 Å². The number of H-pyrrole nitrogens is 1. The Morgan fingerprint density at radius 2 is 1.73 bits per heavy atom. The number of aromatic amines is 1. The van der Waals surface area contributed by atoms with Crippen molar-refractivity contribution < 1.29 is 9.90 Å². The maximum Gasteiger partial charge on any atom is 0.345 e. The SMILES string of the molecule is O=C(O)C(c1ccc(Cn2c(=O)[nH]nc(-c3ccccc3)c2=O)cc1)C1CCCC1. The van der Waals surface area contributed by atoms with Crippen LogP contribution in [0.2, 0.25) is 0 Å². The Balaban J connectivity index is 1.62. The van der Waals surface area contributed by atoms with Gasteiger partial charge in [-0.2, -0.15) is 5.10 Å².